The monoisotopic (exact) mass is 367 g/mol. The van der Waals surface area contributed by atoms with E-state index in [9.17, 15) is 17.2 Å². The number of rotatable bonds is 5. The zero-order chi connectivity index (χ0) is 18.0. The van der Waals surface area contributed by atoms with Crippen molar-refractivity contribution >= 4 is 10.0 Å². The van der Waals surface area contributed by atoms with Crippen LogP contribution in [-0.2, 0) is 10.0 Å². The molecular formula is C18H19F2NO3S. The van der Waals surface area contributed by atoms with Gasteiger partial charge >= 0.3 is 0 Å². The first-order valence-corrected chi connectivity index (χ1v) is 9.56. The van der Waals surface area contributed by atoms with Gasteiger partial charge in [0, 0.05) is 24.3 Å². The minimum Gasteiger partial charge on any atom is -0.396 e. The summed E-state index contributed by atoms with van der Waals surface area (Å²) < 4.78 is 54.3. The van der Waals surface area contributed by atoms with Gasteiger partial charge in [-0.1, -0.05) is 12.1 Å². The van der Waals surface area contributed by atoms with Gasteiger partial charge in [-0.25, -0.2) is 21.9 Å². The van der Waals surface area contributed by atoms with E-state index in [1.165, 1.54) is 30.3 Å². The van der Waals surface area contributed by atoms with E-state index in [0.29, 0.717) is 18.4 Å². The molecular weight excluding hydrogens is 348 g/mol. The van der Waals surface area contributed by atoms with E-state index < -0.39 is 21.7 Å². The maximum absolute atomic E-state index is 13.8. The molecule has 1 aliphatic carbocycles. The number of halogens is 2. The Kier molecular flexibility index (Phi) is 5.17. The Hall–Kier alpha value is -1.83. The maximum atomic E-state index is 13.8. The van der Waals surface area contributed by atoms with Gasteiger partial charge in [-0.05, 0) is 55.0 Å². The topological polar surface area (TPSA) is 66.4 Å². The Morgan fingerprint density at radius 3 is 2.40 bits per heavy atom. The molecule has 0 aromatic heterocycles. The number of sulfonamides is 1. The van der Waals surface area contributed by atoms with E-state index in [4.69, 9.17) is 5.11 Å². The molecule has 0 radical (unpaired) electrons. The van der Waals surface area contributed by atoms with Gasteiger partial charge in [0.15, 0.2) is 0 Å². The Morgan fingerprint density at radius 2 is 1.80 bits per heavy atom. The number of benzene rings is 2. The molecule has 7 heteroatoms. The van der Waals surface area contributed by atoms with E-state index in [-0.39, 0.29) is 29.0 Å². The Labute approximate surface area is 145 Å². The quantitative estimate of drug-likeness (QED) is 0.854. The van der Waals surface area contributed by atoms with Gasteiger partial charge < -0.3 is 5.11 Å². The summed E-state index contributed by atoms with van der Waals surface area (Å²) in [5, 5.41) is 9.15. The van der Waals surface area contributed by atoms with Crippen LogP contribution in [0.4, 0.5) is 8.78 Å². The first-order valence-electron chi connectivity index (χ1n) is 8.08. The molecule has 2 aromatic rings. The van der Waals surface area contributed by atoms with Crippen molar-refractivity contribution in [1.82, 2.24) is 4.72 Å². The lowest BCUT2D eigenvalue weighted by Crippen LogP contribution is -2.33. The number of aliphatic hydroxyl groups excluding tert-OH is 1. The van der Waals surface area contributed by atoms with Gasteiger partial charge in [0.25, 0.3) is 0 Å². The summed E-state index contributed by atoms with van der Waals surface area (Å²) >= 11 is 0. The van der Waals surface area contributed by atoms with E-state index in [1.54, 1.807) is 0 Å². The first-order chi connectivity index (χ1) is 11.9. The molecule has 1 saturated carbocycles. The molecule has 0 spiro atoms. The molecule has 0 saturated heterocycles. The Bertz CT molecular complexity index is 853. The summed E-state index contributed by atoms with van der Waals surface area (Å²) in [4.78, 5) is 0.0891. The molecule has 25 heavy (non-hydrogen) atoms. The molecule has 134 valence electrons. The standard InChI is InChI=1S/C18H19F2NO3S/c19-14-4-8-17(18(20)10-14)13-2-6-16(7-3-13)25(23,24)21-15-5-1-12(9-15)11-22/h2-4,6-8,10,12,15,21-22H,1,5,9,11H2/t12-,15?/m0/s1. The summed E-state index contributed by atoms with van der Waals surface area (Å²) in [5.74, 6) is -1.23. The highest BCUT2D eigenvalue weighted by Gasteiger charge is 2.28. The van der Waals surface area contributed by atoms with Crippen LogP contribution in [0.3, 0.4) is 0 Å². The molecule has 0 amide bonds. The normalized spacial score (nSPS) is 20.8. The van der Waals surface area contributed by atoms with Gasteiger partial charge in [-0.2, -0.15) is 0 Å². The number of hydrogen-bond acceptors (Lipinski definition) is 3. The van der Waals surface area contributed by atoms with Gasteiger partial charge in [0.1, 0.15) is 11.6 Å². The molecule has 2 aromatic carbocycles. The highest BCUT2D eigenvalue weighted by atomic mass is 32.2. The molecule has 4 nitrogen and oxygen atoms in total. The van der Waals surface area contributed by atoms with Crippen molar-refractivity contribution < 1.29 is 22.3 Å². The second-order valence-corrected chi connectivity index (χ2v) is 8.04. The molecule has 2 N–H and O–H groups in total. The molecule has 0 bridgehead atoms. The van der Waals surface area contributed by atoms with Crippen LogP contribution in [0.1, 0.15) is 19.3 Å². The van der Waals surface area contributed by atoms with E-state index >= 15 is 0 Å². The lowest BCUT2D eigenvalue weighted by Gasteiger charge is -2.13. The van der Waals surface area contributed by atoms with Crippen molar-refractivity contribution in [2.24, 2.45) is 5.92 Å². The second-order valence-electron chi connectivity index (χ2n) is 6.33. The predicted molar refractivity (Wildman–Crippen MR) is 90.3 cm³/mol. The highest BCUT2D eigenvalue weighted by Crippen LogP contribution is 2.28. The minimum absolute atomic E-state index is 0.0656. The van der Waals surface area contributed by atoms with Crippen molar-refractivity contribution in [2.45, 2.75) is 30.2 Å². The maximum Gasteiger partial charge on any atom is 0.240 e. The highest BCUT2D eigenvalue weighted by molar-refractivity contribution is 7.89. The van der Waals surface area contributed by atoms with Crippen molar-refractivity contribution in [3.05, 3.63) is 54.1 Å². The number of hydrogen-bond donors (Lipinski definition) is 2. The van der Waals surface area contributed by atoms with Crippen molar-refractivity contribution in [3.63, 3.8) is 0 Å². The van der Waals surface area contributed by atoms with Crippen LogP contribution < -0.4 is 4.72 Å². The lowest BCUT2D eigenvalue weighted by atomic mass is 10.1. The van der Waals surface area contributed by atoms with Crippen LogP contribution in [0, 0.1) is 17.6 Å². The molecule has 1 fully saturated rings. The summed E-state index contributed by atoms with van der Waals surface area (Å²) in [6.07, 6.45) is 2.12. The van der Waals surface area contributed by atoms with Crippen molar-refractivity contribution in [2.75, 3.05) is 6.61 Å². The second kappa shape index (κ2) is 7.19. The zero-order valence-corrected chi connectivity index (χ0v) is 14.3. The van der Waals surface area contributed by atoms with Gasteiger partial charge in [-0.15, -0.1) is 0 Å². The van der Waals surface area contributed by atoms with Crippen molar-refractivity contribution in [1.29, 1.82) is 0 Å². The van der Waals surface area contributed by atoms with Crippen LogP contribution in [0.5, 0.6) is 0 Å². The summed E-state index contributed by atoms with van der Waals surface area (Å²) in [5.41, 5.74) is 0.678. The minimum atomic E-state index is -3.68. The van der Waals surface area contributed by atoms with Gasteiger partial charge in [0.2, 0.25) is 10.0 Å². The Morgan fingerprint density at radius 1 is 1.08 bits per heavy atom. The summed E-state index contributed by atoms with van der Waals surface area (Å²) in [6.45, 7) is 0.0656. The molecule has 1 aliphatic rings. The third kappa shape index (κ3) is 4.05. The van der Waals surface area contributed by atoms with E-state index in [1.807, 2.05) is 0 Å². The van der Waals surface area contributed by atoms with Crippen LogP contribution in [0.2, 0.25) is 0 Å². The third-order valence-electron chi connectivity index (χ3n) is 4.53. The molecule has 0 aliphatic heterocycles. The third-order valence-corrected chi connectivity index (χ3v) is 6.06. The van der Waals surface area contributed by atoms with E-state index in [2.05, 4.69) is 4.72 Å². The summed E-state index contributed by atoms with van der Waals surface area (Å²) in [6, 6.07) is 8.88. The summed E-state index contributed by atoms with van der Waals surface area (Å²) in [7, 11) is -3.68. The largest absolute Gasteiger partial charge is 0.396 e. The predicted octanol–water partition coefficient (Wildman–Crippen LogP) is 3.07. The van der Waals surface area contributed by atoms with Gasteiger partial charge in [0.05, 0.1) is 4.90 Å². The fraction of sp³-hybridized carbons (Fsp3) is 0.333. The molecule has 3 rings (SSSR count). The fourth-order valence-corrected chi connectivity index (χ4v) is 4.46. The fourth-order valence-electron chi connectivity index (χ4n) is 3.17. The van der Waals surface area contributed by atoms with Crippen LogP contribution in [0.15, 0.2) is 47.4 Å². The van der Waals surface area contributed by atoms with Crippen LogP contribution >= 0.6 is 0 Å². The van der Waals surface area contributed by atoms with E-state index in [0.717, 1.165) is 18.6 Å². The van der Waals surface area contributed by atoms with Gasteiger partial charge in [-0.3, -0.25) is 0 Å². The first kappa shape index (κ1) is 18.0. The average Bonchev–Trinajstić information content (AvgIpc) is 3.02. The number of aliphatic hydroxyl groups is 1. The molecule has 1 unspecified atom stereocenters. The van der Waals surface area contributed by atoms with Crippen LogP contribution in [0.25, 0.3) is 11.1 Å². The Balaban J connectivity index is 1.77. The average molecular weight is 367 g/mol. The lowest BCUT2D eigenvalue weighted by molar-refractivity contribution is 0.228. The molecule has 0 heterocycles. The number of nitrogens with one attached hydrogen (secondary N) is 1. The molecule has 2 atom stereocenters. The smallest absolute Gasteiger partial charge is 0.240 e. The zero-order valence-electron chi connectivity index (χ0n) is 13.5. The van der Waals surface area contributed by atoms with Crippen LogP contribution in [-0.4, -0.2) is 26.2 Å². The van der Waals surface area contributed by atoms with Crippen molar-refractivity contribution in [3.8, 4) is 11.1 Å². The SMILES string of the molecule is O=S(=O)(NC1CC[C@H](CO)C1)c1ccc(-c2ccc(F)cc2F)cc1.